The van der Waals surface area contributed by atoms with Gasteiger partial charge in [0, 0.05) is 0 Å². The summed E-state index contributed by atoms with van der Waals surface area (Å²) in [4.78, 5) is 4.22. The third-order valence-corrected chi connectivity index (χ3v) is 3.35. The van der Waals surface area contributed by atoms with Crippen LogP contribution in [0.25, 0.3) is 0 Å². The lowest BCUT2D eigenvalue weighted by molar-refractivity contribution is 0.169. The summed E-state index contributed by atoms with van der Waals surface area (Å²) in [6.07, 6.45) is 2.67. The SMILES string of the molecule is CCc1ccc(Oc2ccc(C(O)CC)nc2)c(OC)c1. The zero-order valence-corrected chi connectivity index (χ0v) is 12.7. The van der Waals surface area contributed by atoms with Crippen LogP contribution in [0.3, 0.4) is 0 Å². The molecule has 0 bridgehead atoms. The maximum atomic E-state index is 9.73. The number of methoxy groups -OCH3 is 1. The molecule has 0 aliphatic heterocycles. The van der Waals surface area contributed by atoms with Gasteiger partial charge in [-0.15, -0.1) is 0 Å². The number of pyridine rings is 1. The van der Waals surface area contributed by atoms with E-state index in [1.54, 1.807) is 25.4 Å². The lowest BCUT2D eigenvalue weighted by atomic mass is 10.1. The first-order valence-electron chi connectivity index (χ1n) is 7.16. The van der Waals surface area contributed by atoms with Gasteiger partial charge in [0.15, 0.2) is 11.5 Å². The number of nitrogens with zero attached hydrogens (tertiary/aromatic N) is 1. The molecule has 2 aromatic rings. The van der Waals surface area contributed by atoms with Crippen molar-refractivity contribution in [2.75, 3.05) is 7.11 Å². The molecule has 0 aliphatic carbocycles. The van der Waals surface area contributed by atoms with E-state index >= 15 is 0 Å². The Hall–Kier alpha value is -2.07. The fourth-order valence-electron chi connectivity index (χ4n) is 2.00. The van der Waals surface area contributed by atoms with Gasteiger partial charge in [-0.2, -0.15) is 0 Å². The van der Waals surface area contributed by atoms with Gasteiger partial charge in [-0.1, -0.05) is 19.9 Å². The predicted molar refractivity (Wildman–Crippen MR) is 81.9 cm³/mol. The number of ether oxygens (including phenoxy) is 2. The van der Waals surface area contributed by atoms with Gasteiger partial charge in [0.2, 0.25) is 0 Å². The van der Waals surface area contributed by atoms with Crippen molar-refractivity contribution >= 4 is 0 Å². The molecular weight excluding hydrogens is 266 g/mol. The average molecular weight is 287 g/mol. The van der Waals surface area contributed by atoms with E-state index in [4.69, 9.17) is 9.47 Å². The minimum Gasteiger partial charge on any atom is -0.493 e. The van der Waals surface area contributed by atoms with E-state index in [1.165, 1.54) is 5.56 Å². The maximum absolute atomic E-state index is 9.73. The molecule has 112 valence electrons. The Morgan fingerprint density at radius 2 is 1.95 bits per heavy atom. The Bertz CT molecular complexity index is 581. The molecule has 4 nitrogen and oxygen atoms in total. The number of aliphatic hydroxyl groups is 1. The molecule has 1 N–H and O–H groups in total. The third-order valence-electron chi connectivity index (χ3n) is 3.35. The summed E-state index contributed by atoms with van der Waals surface area (Å²) in [5, 5.41) is 9.73. The molecule has 1 aromatic heterocycles. The van der Waals surface area contributed by atoms with Gasteiger partial charge in [-0.05, 0) is 42.7 Å². The lowest BCUT2D eigenvalue weighted by Gasteiger charge is -2.12. The Morgan fingerprint density at radius 3 is 2.52 bits per heavy atom. The van der Waals surface area contributed by atoms with Crippen molar-refractivity contribution in [3.05, 3.63) is 47.8 Å². The molecule has 0 spiro atoms. The van der Waals surface area contributed by atoms with Crippen LogP contribution >= 0.6 is 0 Å². The smallest absolute Gasteiger partial charge is 0.169 e. The van der Waals surface area contributed by atoms with Gasteiger partial charge in [0.05, 0.1) is 25.1 Å². The number of rotatable bonds is 6. The minimum atomic E-state index is -0.530. The highest BCUT2D eigenvalue weighted by molar-refractivity contribution is 5.45. The van der Waals surface area contributed by atoms with Gasteiger partial charge in [-0.25, -0.2) is 0 Å². The molecular formula is C17H21NO3. The Kier molecular flexibility index (Phi) is 5.17. The van der Waals surface area contributed by atoms with Crippen molar-refractivity contribution in [2.24, 2.45) is 0 Å². The number of hydrogen-bond donors (Lipinski definition) is 1. The monoisotopic (exact) mass is 287 g/mol. The number of benzene rings is 1. The highest BCUT2D eigenvalue weighted by Gasteiger charge is 2.09. The first-order valence-corrected chi connectivity index (χ1v) is 7.16. The molecule has 21 heavy (non-hydrogen) atoms. The summed E-state index contributed by atoms with van der Waals surface area (Å²) in [6, 6.07) is 9.45. The summed E-state index contributed by atoms with van der Waals surface area (Å²) in [5.41, 5.74) is 1.84. The van der Waals surface area contributed by atoms with Crippen LogP contribution in [0.4, 0.5) is 0 Å². The van der Waals surface area contributed by atoms with E-state index in [0.717, 1.165) is 6.42 Å². The van der Waals surface area contributed by atoms with Crippen molar-refractivity contribution in [3.8, 4) is 17.2 Å². The zero-order chi connectivity index (χ0) is 15.2. The average Bonchev–Trinajstić information content (AvgIpc) is 2.55. The first kappa shape index (κ1) is 15.3. The van der Waals surface area contributed by atoms with E-state index in [2.05, 4.69) is 11.9 Å². The second-order valence-electron chi connectivity index (χ2n) is 4.78. The molecule has 2 rings (SSSR count). The van der Waals surface area contributed by atoms with Gasteiger partial charge >= 0.3 is 0 Å². The van der Waals surface area contributed by atoms with Crippen LogP contribution in [0.1, 0.15) is 37.6 Å². The quantitative estimate of drug-likeness (QED) is 0.875. The van der Waals surface area contributed by atoms with Crippen LogP contribution in [0, 0.1) is 0 Å². The molecule has 4 heteroatoms. The van der Waals surface area contributed by atoms with Crippen molar-refractivity contribution in [1.29, 1.82) is 0 Å². The van der Waals surface area contributed by atoms with E-state index in [-0.39, 0.29) is 0 Å². The van der Waals surface area contributed by atoms with E-state index in [0.29, 0.717) is 29.4 Å². The summed E-state index contributed by atoms with van der Waals surface area (Å²) >= 11 is 0. The van der Waals surface area contributed by atoms with Gasteiger partial charge < -0.3 is 14.6 Å². The highest BCUT2D eigenvalue weighted by Crippen LogP contribution is 2.32. The van der Waals surface area contributed by atoms with Crippen LogP contribution in [-0.2, 0) is 6.42 Å². The second-order valence-corrected chi connectivity index (χ2v) is 4.78. The van der Waals surface area contributed by atoms with Gasteiger partial charge in [0.1, 0.15) is 5.75 Å². The largest absolute Gasteiger partial charge is 0.493 e. The van der Waals surface area contributed by atoms with Crippen molar-refractivity contribution < 1.29 is 14.6 Å². The number of aryl methyl sites for hydroxylation is 1. The molecule has 0 radical (unpaired) electrons. The molecule has 1 aromatic carbocycles. The fraction of sp³-hybridized carbons (Fsp3) is 0.353. The summed E-state index contributed by atoms with van der Waals surface area (Å²) in [5.74, 6) is 1.97. The van der Waals surface area contributed by atoms with Crippen LogP contribution in [0.5, 0.6) is 17.2 Å². The molecule has 0 amide bonds. The van der Waals surface area contributed by atoms with E-state index in [1.807, 2.05) is 25.1 Å². The molecule has 0 saturated heterocycles. The van der Waals surface area contributed by atoms with Crippen LogP contribution in [0.2, 0.25) is 0 Å². The van der Waals surface area contributed by atoms with Crippen molar-refractivity contribution in [2.45, 2.75) is 32.8 Å². The predicted octanol–water partition coefficient (Wildman–Crippen LogP) is 3.89. The van der Waals surface area contributed by atoms with Crippen LogP contribution < -0.4 is 9.47 Å². The van der Waals surface area contributed by atoms with E-state index < -0.39 is 6.10 Å². The lowest BCUT2D eigenvalue weighted by Crippen LogP contribution is -1.98. The number of aromatic nitrogens is 1. The molecule has 0 saturated carbocycles. The summed E-state index contributed by atoms with van der Waals surface area (Å²) < 4.78 is 11.2. The summed E-state index contributed by atoms with van der Waals surface area (Å²) in [6.45, 7) is 4.01. The van der Waals surface area contributed by atoms with Crippen LogP contribution in [-0.4, -0.2) is 17.2 Å². The number of aliphatic hydroxyl groups excluding tert-OH is 1. The van der Waals surface area contributed by atoms with Gasteiger partial charge in [0.25, 0.3) is 0 Å². The topological polar surface area (TPSA) is 51.6 Å². The van der Waals surface area contributed by atoms with Crippen LogP contribution in [0.15, 0.2) is 36.5 Å². The van der Waals surface area contributed by atoms with Crippen molar-refractivity contribution in [1.82, 2.24) is 4.98 Å². The van der Waals surface area contributed by atoms with Gasteiger partial charge in [-0.3, -0.25) is 4.98 Å². The third kappa shape index (κ3) is 3.73. The highest BCUT2D eigenvalue weighted by atomic mass is 16.5. The zero-order valence-electron chi connectivity index (χ0n) is 12.7. The molecule has 0 fully saturated rings. The normalized spacial score (nSPS) is 12.0. The second kappa shape index (κ2) is 7.09. The first-order chi connectivity index (χ1) is 10.2. The Labute approximate surface area is 125 Å². The van der Waals surface area contributed by atoms with Crippen molar-refractivity contribution in [3.63, 3.8) is 0 Å². The molecule has 1 heterocycles. The molecule has 1 unspecified atom stereocenters. The molecule has 0 aliphatic rings. The fourth-order valence-corrected chi connectivity index (χ4v) is 2.00. The standard InChI is InChI=1S/C17H21NO3/c1-4-12-6-9-16(17(10-12)20-3)21-13-7-8-14(18-11-13)15(19)5-2/h6-11,15,19H,4-5H2,1-3H3. The minimum absolute atomic E-state index is 0.530. The molecule has 1 atom stereocenters. The Balaban J connectivity index is 2.18. The summed E-state index contributed by atoms with van der Waals surface area (Å²) in [7, 11) is 1.63. The number of hydrogen-bond acceptors (Lipinski definition) is 4. The van der Waals surface area contributed by atoms with E-state index in [9.17, 15) is 5.11 Å². The maximum Gasteiger partial charge on any atom is 0.169 e. The Morgan fingerprint density at radius 1 is 1.14 bits per heavy atom.